The molecule has 4 heteroatoms. The van der Waals surface area contributed by atoms with Crippen molar-refractivity contribution in [1.82, 2.24) is 5.32 Å². The van der Waals surface area contributed by atoms with E-state index in [2.05, 4.69) is 21.2 Å². The van der Waals surface area contributed by atoms with Gasteiger partial charge in [-0.25, -0.2) is 0 Å². The van der Waals surface area contributed by atoms with Gasteiger partial charge in [0.05, 0.1) is 9.35 Å². The maximum absolute atomic E-state index is 11.4. The Hall–Kier alpha value is -0.350. The number of carbonyl (C=O) groups excluding carboxylic acids is 1. The third kappa shape index (κ3) is 1.29. The largest absolute Gasteiger partial charge is 0.352 e. The second-order valence-corrected chi connectivity index (χ2v) is 4.96. The van der Waals surface area contributed by atoms with E-state index >= 15 is 0 Å². The highest BCUT2D eigenvalue weighted by atomic mass is 79.9. The van der Waals surface area contributed by atoms with E-state index in [0.29, 0.717) is 0 Å². The normalized spacial score (nSPS) is 16.6. The van der Waals surface area contributed by atoms with Crippen LogP contribution in [0.5, 0.6) is 0 Å². The molecule has 0 saturated heterocycles. The average molecular weight is 246 g/mol. The Kier molecular flexibility index (Phi) is 2.19. The first-order valence-electron chi connectivity index (χ1n) is 3.83. The first-order valence-corrected chi connectivity index (χ1v) is 5.50. The van der Waals surface area contributed by atoms with Crippen molar-refractivity contribution in [3.05, 3.63) is 20.3 Å². The molecule has 12 heavy (non-hydrogen) atoms. The van der Waals surface area contributed by atoms with Gasteiger partial charge in [0.2, 0.25) is 0 Å². The molecule has 64 valence electrons. The summed E-state index contributed by atoms with van der Waals surface area (Å²) in [5.41, 5.74) is 2.03. The van der Waals surface area contributed by atoms with Gasteiger partial charge >= 0.3 is 0 Å². The second-order valence-electron chi connectivity index (χ2n) is 2.76. The van der Waals surface area contributed by atoms with E-state index in [1.807, 2.05) is 5.38 Å². The number of fused-ring (bicyclic) bond motifs is 1. The Morgan fingerprint density at radius 2 is 2.42 bits per heavy atom. The average Bonchev–Trinajstić information content (AvgIpc) is 2.30. The van der Waals surface area contributed by atoms with Gasteiger partial charge in [-0.2, -0.15) is 0 Å². The van der Waals surface area contributed by atoms with Crippen LogP contribution in [-0.2, 0) is 6.42 Å². The van der Waals surface area contributed by atoms with Gasteiger partial charge in [0, 0.05) is 11.9 Å². The quantitative estimate of drug-likeness (QED) is 0.746. The van der Waals surface area contributed by atoms with Gasteiger partial charge < -0.3 is 5.32 Å². The molecule has 0 atom stereocenters. The highest BCUT2D eigenvalue weighted by Gasteiger charge is 2.18. The molecule has 1 aliphatic heterocycles. The predicted molar refractivity (Wildman–Crippen MR) is 52.7 cm³/mol. The van der Waals surface area contributed by atoms with Crippen molar-refractivity contribution < 1.29 is 4.79 Å². The molecule has 0 fully saturated rings. The van der Waals surface area contributed by atoms with Crippen LogP contribution >= 0.6 is 27.3 Å². The van der Waals surface area contributed by atoms with Gasteiger partial charge in [-0.1, -0.05) is 0 Å². The van der Waals surface area contributed by atoms with Crippen LogP contribution < -0.4 is 5.32 Å². The van der Waals surface area contributed by atoms with E-state index in [9.17, 15) is 4.79 Å². The van der Waals surface area contributed by atoms with Crippen molar-refractivity contribution in [3.63, 3.8) is 0 Å². The summed E-state index contributed by atoms with van der Waals surface area (Å²) in [5.74, 6) is 0.0736. The molecular weight excluding hydrogens is 238 g/mol. The number of thiophene rings is 1. The van der Waals surface area contributed by atoms with Crippen LogP contribution in [0, 0.1) is 0 Å². The topological polar surface area (TPSA) is 29.1 Å². The zero-order chi connectivity index (χ0) is 8.55. The lowest BCUT2D eigenvalue weighted by Gasteiger charge is -1.96. The van der Waals surface area contributed by atoms with Gasteiger partial charge in [-0.05, 0) is 34.3 Å². The molecule has 1 amide bonds. The number of hydrogen-bond acceptors (Lipinski definition) is 2. The number of nitrogens with one attached hydrogen (secondary N) is 1. The SMILES string of the molecule is O=C1NCCCc2c1csc2Br. The van der Waals surface area contributed by atoms with E-state index in [0.717, 1.165) is 28.7 Å². The molecule has 2 rings (SSSR count). The van der Waals surface area contributed by atoms with Crippen molar-refractivity contribution in [2.24, 2.45) is 0 Å². The van der Waals surface area contributed by atoms with Crippen molar-refractivity contribution in [3.8, 4) is 0 Å². The smallest absolute Gasteiger partial charge is 0.252 e. The monoisotopic (exact) mass is 245 g/mol. The molecular formula is C8H8BrNOS. The molecule has 0 bridgehead atoms. The molecule has 1 aliphatic rings. The summed E-state index contributed by atoms with van der Waals surface area (Å²) in [7, 11) is 0. The van der Waals surface area contributed by atoms with E-state index in [-0.39, 0.29) is 5.91 Å². The zero-order valence-corrected chi connectivity index (χ0v) is 8.80. The Morgan fingerprint density at radius 1 is 1.58 bits per heavy atom. The van der Waals surface area contributed by atoms with Crippen LogP contribution in [-0.4, -0.2) is 12.5 Å². The standard InChI is InChI=1S/C8H8BrNOS/c9-7-5-2-1-3-10-8(11)6(5)4-12-7/h4H,1-3H2,(H,10,11). The predicted octanol–water partition coefficient (Wildman–Crippen LogP) is 2.19. The molecule has 1 N–H and O–H groups in total. The number of hydrogen-bond donors (Lipinski definition) is 1. The lowest BCUT2D eigenvalue weighted by Crippen LogP contribution is -2.22. The number of carbonyl (C=O) groups is 1. The highest BCUT2D eigenvalue weighted by Crippen LogP contribution is 2.30. The summed E-state index contributed by atoms with van der Waals surface area (Å²) in [6, 6.07) is 0. The lowest BCUT2D eigenvalue weighted by molar-refractivity contribution is 0.0956. The fourth-order valence-electron chi connectivity index (χ4n) is 1.34. The Morgan fingerprint density at radius 3 is 3.25 bits per heavy atom. The molecule has 0 unspecified atom stereocenters. The molecule has 0 saturated carbocycles. The number of amides is 1. The van der Waals surface area contributed by atoms with E-state index in [4.69, 9.17) is 0 Å². The molecule has 1 aromatic rings. The molecule has 0 radical (unpaired) electrons. The third-order valence-electron chi connectivity index (χ3n) is 1.98. The third-order valence-corrected chi connectivity index (χ3v) is 3.82. The van der Waals surface area contributed by atoms with Crippen molar-refractivity contribution in [1.29, 1.82) is 0 Å². The Bertz CT molecular complexity index is 321. The molecule has 0 aromatic carbocycles. The highest BCUT2D eigenvalue weighted by molar-refractivity contribution is 9.11. The fourth-order valence-corrected chi connectivity index (χ4v) is 2.86. The Labute approximate surface area is 83.1 Å². The van der Waals surface area contributed by atoms with Crippen LogP contribution in [0.3, 0.4) is 0 Å². The van der Waals surface area contributed by atoms with Crippen molar-refractivity contribution in [2.45, 2.75) is 12.8 Å². The molecule has 2 heterocycles. The minimum atomic E-state index is 0.0736. The summed E-state index contributed by atoms with van der Waals surface area (Å²) in [6.07, 6.45) is 2.03. The van der Waals surface area contributed by atoms with Gasteiger partial charge in [0.25, 0.3) is 5.91 Å². The van der Waals surface area contributed by atoms with Crippen LogP contribution in [0.2, 0.25) is 0 Å². The summed E-state index contributed by atoms with van der Waals surface area (Å²) in [4.78, 5) is 11.4. The molecule has 1 aromatic heterocycles. The molecule has 0 spiro atoms. The minimum absolute atomic E-state index is 0.0736. The van der Waals surface area contributed by atoms with Crippen LogP contribution in [0.15, 0.2) is 9.17 Å². The second kappa shape index (κ2) is 3.18. The summed E-state index contributed by atoms with van der Waals surface area (Å²) >= 11 is 5.04. The van der Waals surface area contributed by atoms with Crippen molar-refractivity contribution >= 4 is 33.2 Å². The summed E-state index contributed by atoms with van der Waals surface area (Å²) in [5, 5.41) is 4.78. The molecule has 0 aliphatic carbocycles. The van der Waals surface area contributed by atoms with Gasteiger partial charge in [-0.3, -0.25) is 4.79 Å². The summed E-state index contributed by atoms with van der Waals surface area (Å²) < 4.78 is 1.11. The Balaban J connectivity index is 2.47. The first kappa shape index (κ1) is 8.26. The van der Waals surface area contributed by atoms with E-state index in [1.165, 1.54) is 5.56 Å². The lowest BCUT2D eigenvalue weighted by atomic mass is 10.1. The van der Waals surface area contributed by atoms with Crippen LogP contribution in [0.1, 0.15) is 22.3 Å². The van der Waals surface area contributed by atoms with Crippen molar-refractivity contribution in [2.75, 3.05) is 6.54 Å². The van der Waals surface area contributed by atoms with Gasteiger partial charge in [0.15, 0.2) is 0 Å². The van der Waals surface area contributed by atoms with Crippen LogP contribution in [0.4, 0.5) is 0 Å². The fraction of sp³-hybridized carbons (Fsp3) is 0.375. The minimum Gasteiger partial charge on any atom is -0.352 e. The number of rotatable bonds is 0. The first-order chi connectivity index (χ1) is 5.79. The zero-order valence-electron chi connectivity index (χ0n) is 6.39. The maximum Gasteiger partial charge on any atom is 0.252 e. The van der Waals surface area contributed by atoms with Gasteiger partial charge in [0.1, 0.15) is 0 Å². The maximum atomic E-state index is 11.4. The van der Waals surface area contributed by atoms with Crippen LogP contribution in [0.25, 0.3) is 0 Å². The summed E-state index contributed by atoms with van der Waals surface area (Å²) in [6.45, 7) is 0.796. The van der Waals surface area contributed by atoms with E-state index in [1.54, 1.807) is 11.3 Å². The van der Waals surface area contributed by atoms with E-state index < -0.39 is 0 Å². The molecule has 2 nitrogen and oxygen atoms in total. The van der Waals surface area contributed by atoms with Gasteiger partial charge in [-0.15, -0.1) is 11.3 Å². The number of halogens is 1.